The lowest BCUT2D eigenvalue weighted by molar-refractivity contribution is -0.00841. The molecular formula is C32H58Cl2N2O15. The third kappa shape index (κ3) is 25.9. The van der Waals surface area contributed by atoms with E-state index in [0.29, 0.717) is 167 Å². The van der Waals surface area contributed by atoms with Gasteiger partial charge in [-0.2, -0.15) is 0 Å². The van der Waals surface area contributed by atoms with Crippen molar-refractivity contribution >= 4 is 36.2 Å². The Morgan fingerprint density at radius 1 is 0.294 bits per heavy atom. The number of fused-ring (bicyclic) bond motifs is 2. The summed E-state index contributed by atoms with van der Waals surface area (Å²) in [7, 11) is 0. The second-order valence-electron chi connectivity index (χ2n) is 9.71. The molecule has 2 aliphatic rings. The molecule has 0 radical (unpaired) electrons. The van der Waals surface area contributed by atoms with Gasteiger partial charge in [-0.1, -0.05) is 0 Å². The number of hydrogen-bond acceptors (Lipinski definition) is 14. The molecule has 2 aliphatic heterocycles. The summed E-state index contributed by atoms with van der Waals surface area (Å²) in [6.07, 6.45) is 0. The highest BCUT2D eigenvalue weighted by molar-refractivity contribution is 5.85. The molecule has 2 aromatic carbocycles. The molecule has 17 nitrogen and oxygen atoms in total. The monoisotopic (exact) mass is 780 g/mol. The second kappa shape index (κ2) is 35.8. The molecule has 0 aromatic heterocycles. The minimum Gasteiger partial charge on any atom is -0.487 e. The van der Waals surface area contributed by atoms with Gasteiger partial charge in [-0.25, -0.2) is 0 Å². The first-order valence-electron chi connectivity index (χ1n) is 15.6. The van der Waals surface area contributed by atoms with Crippen molar-refractivity contribution in [2.75, 3.05) is 144 Å². The van der Waals surface area contributed by atoms with E-state index >= 15 is 0 Å². The molecule has 51 heavy (non-hydrogen) atoms. The van der Waals surface area contributed by atoms with Gasteiger partial charge in [-0.05, 0) is 24.3 Å². The van der Waals surface area contributed by atoms with Gasteiger partial charge in [0.05, 0.1) is 106 Å². The number of halogens is 2. The van der Waals surface area contributed by atoms with E-state index in [1.165, 1.54) is 0 Å². The first-order valence-corrected chi connectivity index (χ1v) is 15.6. The Labute approximate surface area is 312 Å². The number of anilines is 2. The zero-order valence-corrected chi connectivity index (χ0v) is 30.6. The zero-order chi connectivity index (χ0) is 32.3. The van der Waals surface area contributed by atoms with Crippen LogP contribution in [0, 0.1) is 0 Å². The van der Waals surface area contributed by atoms with E-state index in [9.17, 15) is 0 Å². The van der Waals surface area contributed by atoms with Gasteiger partial charge in [0.25, 0.3) is 0 Å². The average Bonchev–Trinajstić information content (AvgIpc) is 3.05. The quantitative estimate of drug-likeness (QED) is 0.347. The Balaban J connectivity index is -0.000000823. The van der Waals surface area contributed by atoms with Crippen LogP contribution in [-0.4, -0.2) is 149 Å². The Morgan fingerprint density at radius 3 is 0.725 bits per heavy atom. The Hall–Kier alpha value is -2.62. The van der Waals surface area contributed by atoms with Gasteiger partial charge < -0.3 is 84.7 Å². The fraction of sp³-hybridized carbons (Fsp3) is 0.625. The predicted octanol–water partition coefficient (Wildman–Crippen LogP) is 0.582. The van der Waals surface area contributed by atoms with Crippen LogP contribution in [0.5, 0.6) is 23.0 Å². The lowest BCUT2D eigenvalue weighted by atomic mass is 10.3. The van der Waals surface area contributed by atoms with E-state index in [0.717, 1.165) is 0 Å². The maximum Gasteiger partial charge on any atom is 0.163 e. The van der Waals surface area contributed by atoms with Crippen molar-refractivity contribution in [3.63, 3.8) is 0 Å². The van der Waals surface area contributed by atoms with E-state index in [4.69, 9.17) is 68.3 Å². The van der Waals surface area contributed by atoms with Gasteiger partial charge in [0, 0.05) is 23.5 Å². The Bertz CT molecular complexity index is 984. The summed E-state index contributed by atoms with van der Waals surface area (Å²) >= 11 is 0. The van der Waals surface area contributed by atoms with E-state index < -0.39 is 0 Å². The van der Waals surface area contributed by atoms with Gasteiger partial charge in [0.2, 0.25) is 0 Å². The molecule has 0 saturated heterocycles. The lowest BCUT2D eigenvalue weighted by Crippen LogP contribution is -2.16. The molecule has 0 amide bonds. The first kappa shape index (κ1) is 52.7. The molecule has 10 N–H and O–H groups in total. The fourth-order valence-electron chi connectivity index (χ4n) is 3.88. The van der Waals surface area contributed by atoms with Gasteiger partial charge >= 0.3 is 0 Å². The number of nitrogen functional groups attached to an aromatic ring is 2. The molecular weight excluding hydrogens is 723 g/mol. The first-order chi connectivity index (χ1) is 22.7. The summed E-state index contributed by atoms with van der Waals surface area (Å²) in [5.41, 5.74) is 12.8. The summed E-state index contributed by atoms with van der Waals surface area (Å²) in [6, 6.07) is 10.6. The predicted molar refractivity (Wildman–Crippen MR) is 196 cm³/mol. The molecule has 0 saturated carbocycles. The minimum absolute atomic E-state index is 0. The Morgan fingerprint density at radius 2 is 0.490 bits per heavy atom. The molecule has 0 aliphatic carbocycles. The number of rotatable bonds is 0. The summed E-state index contributed by atoms with van der Waals surface area (Å²) in [4.78, 5) is 0. The van der Waals surface area contributed by atoms with Crippen LogP contribution in [0.25, 0.3) is 0 Å². The van der Waals surface area contributed by atoms with Gasteiger partial charge in [0.1, 0.15) is 26.4 Å². The van der Waals surface area contributed by atoms with Gasteiger partial charge in [-0.15, -0.1) is 24.8 Å². The average molecular weight is 782 g/mol. The summed E-state index contributed by atoms with van der Waals surface area (Å²) in [6.45, 7) is 10.0. The maximum atomic E-state index is 5.79. The normalized spacial score (nSPS) is 17.6. The van der Waals surface area contributed by atoms with E-state index in [2.05, 4.69) is 0 Å². The summed E-state index contributed by atoms with van der Waals surface area (Å²) < 4.78 is 66.0. The highest BCUT2D eigenvalue weighted by Gasteiger charge is 2.08. The fourth-order valence-corrected chi connectivity index (χ4v) is 3.88. The van der Waals surface area contributed by atoms with Crippen LogP contribution in [-0.2, 0) is 37.9 Å². The number of ether oxygens (including phenoxy) is 12. The van der Waals surface area contributed by atoms with Crippen molar-refractivity contribution in [2.45, 2.75) is 0 Å². The second-order valence-corrected chi connectivity index (χ2v) is 9.71. The van der Waals surface area contributed by atoms with Crippen LogP contribution in [0.15, 0.2) is 36.4 Å². The Kier molecular flexibility index (Phi) is 37.0. The molecule has 4 rings (SSSR count). The maximum absolute atomic E-state index is 5.79. The molecule has 0 spiro atoms. The van der Waals surface area contributed by atoms with Crippen molar-refractivity contribution < 1.29 is 73.3 Å². The highest BCUT2D eigenvalue weighted by Crippen LogP contribution is 2.30. The SMILES string of the molecule is Cl.Cl.Nc1ccc2c(c1)OCCOCCOCCOCCOCCO2.Nc1ccc2c(c1)OCCOCCOCCOCCOCCO2.O.O.O. The largest absolute Gasteiger partial charge is 0.487 e. The topological polar surface area (TPSA) is 257 Å². The standard InChI is InChI=1S/2C16H25NO6.2ClH.3H2O/c2*17-14-1-2-15-16(13-14)23-12-10-21-8-6-19-4-3-18-5-7-20-9-11-22-15;;;;;/h2*1-2,13H,3-12,17H2;2*1H;3*1H2. The van der Waals surface area contributed by atoms with Crippen LogP contribution in [0.1, 0.15) is 0 Å². The van der Waals surface area contributed by atoms with Crippen molar-refractivity contribution in [3.8, 4) is 23.0 Å². The molecule has 0 atom stereocenters. The highest BCUT2D eigenvalue weighted by atomic mass is 35.5. The smallest absolute Gasteiger partial charge is 0.163 e. The molecule has 0 fully saturated rings. The summed E-state index contributed by atoms with van der Waals surface area (Å²) in [5, 5.41) is 0. The third-order valence-corrected chi connectivity index (χ3v) is 6.11. The van der Waals surface area contributed by atoms with Crippen molar-refractivity contribution in [2.24, 2.45) is 0 Å². The summed E-state index contributed by atoms with van der Waals surface area (Å²) in [5.74, 6) is 2.50. The molecule has 2 heterocycles. The van der Waals surface area contributed by atoms with E-state index in [1.54, 1.807) is 36.4 Å². The van der Waals surface area contributed by atoms with Crippen LogP contribution >= 0.6 is 24.8 Å². The van der Waals surface area contributed by atoms with Gasteiger partial charge in [0.15, 0.2) is 23.0 Å². The number of benzene rings is 2. The number of nitrogens with two attached hydrogens (primary N) is 2. The lowest BCUT2D eigenvalue weighted by Gasteiger charge is -2.14. The van der Waals surface area contributed by atoms with Crippen molar-refractivity contribution in [3.05, 3.63) is 36.4 Å². The van der Waals surface area contributed by atoms with E-state index in [-0.39, 0.29) is 41.2 Å². The molecule has 2 aromatic rings. The van der Waals surface area contributed by atoms with E-state index in [1.807, 2.05) is 0 Å². The van der Waals surface area contributed by atoms with Gasteiger partial charge in [-0.3, -0.25) is 0 Å². The molecule has 0 unspecified atom stereocenters. The molecule has 300 valence electrons. The minimum atomic E-state index is 0. The zero-order valence-electron chi connectivity index (χ0n) is 29.0. The van der Waals surface area contributed by atoms with Crippen LogP contribution in [0.4, 0.5) is 11.4 Å². The van der Waals surface area contributed by atoms with Crippen LogP contribution < -0.4 is 30.4 Å². The molecule has 0 bridgehead atoms. The third-order valence-electron chi connectivity index (χ3n) is 6.11. The number of hydrogen-bond donors (Lipinski definition) is 2. The van der Waals surface area contributed by atoms with Crippen molar-refractivity contribution in [1.29, 1.82) is 0 Å². The van der Waals surface area contributed by atoms with Crippen LogP contribution in [0.2, 0.25) is 0 Å². The molecule has 19 heteroatoms. The van der Waals surface area contributed by atoms with Crippen molar-refractivity contribution in [1.82, 2.24) is 0 Å². The van der Waals surface area contributed by atoms with Crippen LogP contribution in [0.3, 0.4) is 0 Å².